The molecule has 0 spiro atoms. The summed E-state index contributed by atoms with van der Waals surface area (Å²) in [5.74, 6) is 0.0479. The number of carbonyl (C=O) groups is 1. The van der Waals surface area contributed by atoms with Gasteiger partial charge in [-0.2, -0.15) is 0 Å². The van der Waals surface area contributed by atoms with Crippen LogP contribution in [0.2, 0.25) is 0 Å². The van der Waals surface area contributed by atoms with Gasteiger partial charge in [0.2, 0.25) is 0 Å². The van der Waals surface area contributed by atoms with Gasteiger partial charge in [-0.3, -0.25) is 4.79 Å². The van der Waals surface area contributed by atoms with Gasteiger partial charge in [-0.1, -0.05) is 18.7 Å². The fourth-order valence-electron chi connectivity index (χ4n) is 1.82. The minimum atomic E-state index is -0.851. The summed E-state index contributed by atoms with van der Waals surface area (Å²) in [7, 11) is 0. The third-order valence-corrected chi connectivity index (χ3v) is 3.68. The van der Waals surface area contributed by atoms with Gasteiger partial charge in [-0.25, -0.2) is 4.98 Å². The molecule has 2 rings (SSSR count). The maximum atomic E-state index is 10.7. The molecule has 0 bridgehead atoms. The molecule has 0 unspecified atom stereocenters. The van der Waals surface area contributed by atoms with Crippen molar-refractivity contribution in [2.45, 2.75) is 38.0 Å². The summed E-state index contributed by atoms with van der Waals surface area (Å²) in [6.07, 6.45) is 7.21. The van der Waals surface area contributed by atoms with E-state index in [4.69, 9.17) is 5.11 Å². The Hall–Kier alpha value is -1.83. The van der Waals surface area contributed by atoms with E-state index in [9.17, 15) is 4.79 Å². The van der Waals surface area contributed by atoms with Crippen LogP contribution >= 0.6 is 11.8 Å². The van der Waals surface area contributed by atoms with E-state index in [1.165, 1.54) is 11.8 Å². The molecule has 1 N–H and O–H groups in total. The average molecular weight is 295 g/mol. The molecular formula is C12H17N5O2S. The van der Waals surface area contributed by atoms with Crippen LogP contribution in [0.4, 0.5) is 0 Å². The zero-order chi connectivity index (χ0) is 14.4. The largest absolute Gasteiger partial charge is 0.481 e. The Morgan fingerprint density at radius 1 is 1.40 bits per heavy atom. The second-order valence-corrected chi connectivity index (χ2v) is 5.23. The van der Waals surface area contributed by atoms with Crippen molar-refractivity contribution in [2.75, 3.05) is 5.75 Å². The van der Waals surface area contributed by atoms with E-state index in [0.29, 0.717) is 11.7 Å². The van der Waals surface area contributed by atoms with Crippen LogP contribution in [0.3, 0.4) is 0 Å². The lowest BCUT2D eigenvalue weighted by atomic mass is 10.3. The first-order valence-electron chi connectivity index (χ1n) is 6.43. The van der Waals surface area contributed by atoms with Crippen molar-refractivity contribution in [1.82, 2.24) is 24.3 Å². The quantitative estimate of drug-likeness (QED) is 0.739. The fourth-order valence-corrected chi connectivity index (χ4v) is 2.52. The van der Waals surface area contributed by atoms with Crippen LogP contribution < -0.4 is 0 Å². The lowest BCUT2D eigenvalue weighted by molar-refractivity contribution is -0.133. The van der Waals surface area contributed by atoms with Crippen LogP contribution in [-0.2, 0) is 24.3 Å². The first kappa shape index (κ1) is 14.6. The Kier molecular flexibility index (Phi) is 5.16. The normalized spacial score (nSPS) is 10.8. The number of thioether (sulfide) groups is 1. The molecule has 0 atom stereocenters. The number of nitrogens with zero attached hydrogens (tertiary/aromatic N) is 5. The van der Waals surface area contributed by atoms with Gasteiger partial charge in [-0.15, -0.1) is 10.2 Å². The van der Waals surface area contributed by atoms with Crippen LogP contribution in [-0.4, -0.2) is 41.1 Å². The highest BCUT2D eigenvalue weighted by atomic mass is 32.2. The van der Waals surface area contributed by atoms with Crippen molar-refractivity contribution in [3.05, 3.63) is 24.5 Å². The third-order valence-electron chi connectivity index (χ3n) is 2.73. The summed E-state index contributed by atoms with van der Waals surface area (Å²) >= 11 is 1.20. The van der Waals surface area contributed by atoms with E-state index in [0.717, 1.165) is 25.2 Å². The van der Waals surface area contributed by atoms with Crippen LogP contribution in [0.1, 0.15) is 19.2 Å². The van der Waals surface area contributed by atoms with Crippen LogP contribution in [0.5, 0.6) is 0 Å². The molecule has 0 fully saturated rings. The molecule has 0 saturated heterocycles. The van der Waals surface area contributed by atoms with Crippen molar-refractivity contribution in [1.29, 1.82) is 0 Å². The Balaban J connectivity index is 2.09. The van der Waals surface area contributed by atoms with Gasteiger partial charge in [0.1, 0.15) is 5.82 Å². The van der Waals surface area contributed by atoms with E-state index < -0.39 is 5.97 Å². The smallest absolute Gasteiger partial charge is 0.313 e. The molecule has 0 aliphatic heterocycles. The second kappa shape index (κ2) is 7.09. The Labute approximate surface area is 121 Å². The number of hydrogen-bond donors (Lipinski definition) is 1. The number of carboxylic acid groups (broad SMARTS) is 1. The summed E-state index contributed by atoms with van der Waals surface area (Å²) in [5.41, 5.74) is 0. The Morgan fingerprint density at radius 3 is 2.90 bits per heavy atom. The van der Waals surface area contributed by atoms with Gasteiger partial charge in [0.25, 0.3) is 0 Å². The fraction of sp³-hybridized carbons (Fsp3) is 0.500. The molecule has 2 heterocycles. The van der Waals surface area contributed by atoms with E-state index in [2.05, 4.69) is 22.1 Å². The molecule has 0 amide bonds. The maximum Gasteiger partial charge on any atom is 0.313 e. The van der Waals surface area contributed by atoms with Gasteiger partial charge in [-0.05, 0) is 6.42 Å². The highest BCUT2D eigenvalue weighted by Gasteiger charge is 2.13. The Morgan fingerprint density at radius 2 is 2.25 bits per heavy atom. The first-order chi connectivity index (χ1) is 9.70. The lowest BCUT2D eigenvalue weighted by Crippen LogP contribution is -2.11. The molecule has 2 aromatic rings. The van der Waals surface area contributed by atoms with Gasteiger partial charge >= 0.3 is 5.97 Å². The lowest BCUT2D eigenvalue weighted by Gasteiger charge is -2.09. The number of aromatic nitrogens is 5. The number of imidazole rings is 1. The van der Waals surface area contributed by atoms with Crippen LogP contribution in [0, 0.1) is 0 Å². The van der Waals surface area contributed by atoms with Crippen molar-refractivity contribution >= 4 is 17.7 Å². The number of rotatable bonds is 8. The summed E-state index contributed by atoms with van der Waals surface area (Å²) in [6, 6.07) is 0. The summed E-state index contributed by atoms with van der Waals surface area (Å²) < 4.78 is 3.97. The Bertz CT molecular complexity index is 552. The molecule has 8 heteroatoms. The predicted molar refractivity (Wildman–Crippen MR) is 74.6 cm³/mol. The molecule has 7 nitrogen and oxygen atoms in total. The van der Waals surface area contributed by atoms with Crippen molar-refractivity contribution in [2.24, 2.45) is 0 Å². The molecule has 0 aliphatic rings. The molecule has 108 valence electrons. The highest BCUT2D eigenvalue weighted by Crippen LogP contribution is 2.17. The summed E-state index contributed by atoms with van der Waals surface area (Å²) in [4.78, 5) is 14.7. The van der Waals surface area contributed by atoms with E-state index in [1.807, 2.05) is 15.3 Å². The van der Waals surface area contributed by atoms with Crippen LogP contribution in [0.15, 0.2) is 23.9 Å². The van der Waals surface area contributed by atoms with E-state index in [1.54, 1.807) is 12.5 Å². The zero-order valence-electron chi connectivity index (χ0n) is 11.3. The van der Waals surface area contributed by atoms with Gasteiger partial charge in [0, 0.05) is 31.9 Å². The van der Waals surface area contributed by atoms with Crippen molar-refractivity contribution in [3.63, 3.8) is 0 Å². The van der Waals surface area contributed by atoms with Crippen LogP contribution in [0.25, 0.3) is 0 Å². The van der Waals surface area contributed by atoms with E-state index >= 15 is 0 Å². The first-order valence-corrected chi connectivity index (χ1v) is 7.41. The average Bonchev–Trinajstić information content (AvgIpc) is 3.04. The van der Waals surface area contributed by atoms with Gasteiger partial charge in [0.15, 0.2) is 5.16 Å². The van der Waals surface area contributed by atoms with Gasteiger partial charge < -0.3 is 14.2 Å². The SMILES string of the molecule is CCCc1nnc(SCC(=O)O)n1CCn1ccnc1. The zero-order valence-corrected chi connectivity index (χ0v) is 12.1. The minimum Gasteiger partial charge on any atom is -0.481 e. The van der Waals surface area contributed by atoms with Crippen molar-refractivity contribution < 1.29 is 9.90 Å². The number of hydrogen-bond acceptors (Lipinski definition) is 5. The number of carboxylic acids is 1. The number of aryl methyl sites for hydroxylation is 2. The second-order valence-electron chi connectivity index (χ2n) is 4.28. The molecule has 0 aliphatic carbocycles. The minimum absolute atomic E-state index is 0.00463. The molecule has 0 radical (unpaired) electrons. The third kappa shape index (κ3) is 3.83. The van der Waals surface area contributed by atoms with E-state index in [-0.39, 0.29) is 5.75 Å². The number of aliphatic carboxylic acids is 1. The summed E-state index contributed by atoms with van der Waals surface area (Å²) in [5, 5.41) is 17.7. The van der Waals surface area contributed by atoms with Gasteiger partial charge in [0.05, 0.1) is 12.1 Å². The molecule has 0 saturated carbocycles. The monoisotopic (exact) mass is 295 g/mol. The molecular weight excluding hydrogens is 278 g/mol. The highest BCUT2D eigenvalue weighted by molar-refractivity contribution is 7.99. The molecule has 0 aromatic carbocycles. The molecule has 2 aromatic heterocycles. The maximum absolute atomic E-state index is 10.7. The molecule has 20 heavy (non-hydrogen) atoms. The summed E-state index contributed by atoms with van der Waals surface area (Å²) in [6.45, 7) is 3.55. The predicted octanol–water partition coefficient (Wildman–Crippen LogP) is 1.30. The topological polar surface area (TPSA) is 85.8 Å². The van der Waals surface area contributed by atoms with Crippen molar-refractivity contribution in [3.8, 4) is 0 Å². The standard InChI is InChI=1S/C12H17N5O2S/c1-2-3-10-14-15-12(20-8-11(18)19)17(10)7-6-16-5-4-13-9-16/h4-5,9H,2-3,6-8H2,1H3,(H,18,19).